The van der Waals surface area contributed by atoms with Crippen LogP contribution in [0.15, 0.2) is 65.1 Å². The Balaban J connectivity index is 2.02. The summed E-state index contributed by atoms with van der Waals surface area (Å²) in [6, 6.07) is 15.0. The molecule has 1 aromatic heterocycles. The number of nitrogens with zero attached hydrogens (tertiary/aromatic N) is 2. The Kier molecular flexibility index (Phi) is 7.20. The van der Waals surface area contributed by atoms with E-state index >= 15 is 0 Å². The fourth-order valence-electron chi connectivity index (χ4n) is 3.65. The highest BCUT2D eigenvalue weighted by Gasteiger charge is 2.22. The summed E-state index contributed by atoms with van der Waals surface area (Å²) in [6.45, 7) is 1.78. The molecule has 10 heteroatoms. The minimum absolute atomic E-state index is 0.117. The summed E-state index contributed by atoms with van der Waals surface area (Å²) in [5, 5.41) is 5.42. The van der Waals surface area contributed by atoms with Crippen molar-refractivity contribution in [2.45, 2.75) is 6.92 Å². The Morgan fingerprint density at radius 1 is 1.00 bits per heavy atom. The lowest BCUT2D eigenvalue weighted by atomic mass is 10.1. The zero-order valence-electron chi connectivity index (χ0n) is 18.4. The second-order valence-corrected chi connectivity index (χ2v) is 11.6. The molecule has 0 aliphatic heterocycles. The van der Waals surface area contributed by atoms with E-state index in [9.17, 15) is 17.2 Å². The first-order chi connectivity index (χ1) is 16.4. The predicted molar refractivity (Wildman–Crippen MR) is 141 cm³/mol. The van der Waals surface area contributed by atoms with E-state index in [0.717, 1.165) is 28.4 Å². The quantitative estimate of drug-likeness (QED) is 0.236. The van der Waals surface area contributed by atoms with Crippen LogP contribution in [0.25, 0.3) is 27.9 Å². The monoisotopic (exact) mass is 596 g/mol. The zero-order valence-corrected chi connectivity index (χ0v) is 22.3. The van der Waals surface area contributed by atoms with Crippen molar-refractivity contribution < 1.29 is 17.2 Å². The minimum Gasteiger partial charge on any atom is -0.231 e. The van der Waals surface area contributed by atoms with Gasteiger partial charge in [-0.3, -0.25) is 0 Å². The topological polar surface area (TPSA) is 52.0 Å². The maximum atomic E-state index is 13.9. The molecule has 4 nitrogen and oxygen atoms in total. The molecule has 0 atom stereocenters. The third-order valence-electron chi connectivity index (χ3n) is 5.23. The molecule has 4 aromatic rings. The van der Waals surface area contributed by atoms with Crippen LogP contribution in [0.3, 0.4) is 0 Å². The lowest BCUT2D eigenvalue weighted by Gasteiger charge is -2.11. The Morgan fingerprint density at radius 3 is 2.20 bits per heavy atom. The van der Waals surface area contributed by atoms with E-state index in [-0.39, 0.29) is 10.5 Å². The first-order valence-electron chi connectivity index (χ1n) is 10.1. The van der Waals surface area contributed by atoms with Gasteiger partial charge in [-0.05, 0) is 61.0 Å². The lowest BCUT2D eigenvalue weighted by Crippen LogP contribution is -2.02. The molecule has 3 aromatic carbocycles. The van der Waals surface area contributed by atoms with E-state index in [0.29, 0.717) is 38.8 Å². The molecule has 0 amide bonds. The van der Waals surface area contributed by atoms with E-state index < -0.39 is 21.5 Å². The Labute approximate surface area is 219 Å². The van der Waals surface area contributed by atoms with Gasteiger partial charge in [-0.25, -0.2) is 21.9 Å². The third kappa shape index (κ3) is 5.51. The summed E-state index contributed by atoms with van der Waals surface area (Å²) in [6.07, 6.45) is 2.28. The molecule has 0 radical (unpaired) electrons. The molecule has 4 rings (SSSR count). The molecular formula is C25H17BrCl2F2N2O2S. The van der Waals surface area contributed by atoms with Gasteiger partial charge in [0.2, 0.25) is 0 Å². The average molecular weight is 598 g/mol. The molecule has 0 saturated carbocycles. The van der Waals surface area contributed by atoms with Crippen LogP contribution in [-0.2, 0) is 9.84 Å². The summed E-state index contributed by atoms with van der Waals surface area (Å²) in [5.41, 5.74) is 2.78. The first-order valence-corrected chi connectivity index (χ1v) is 13.6. The van der Waals surface area contributed by atoms with Crippen LogP contribution >= 0.6 is 39.1 Å². The van der Waals surface area contributed by atoms with Gasteiger partial charge >= 0.3 is 0 Å². The summed E-state index contributed by atoms with van der Waals surface area (Å²) < 4.78 is 55.6. The van der Waals surface area contributed by atoms with Gasteiger partial charge in [0, 0.05) is 32.9 Å². The van der Waals surface area contributed by atoms with E-state index in [1.165, 1.54) is 6.08 Å². The maximum absolute atomic E-state index is 13.9. The molecule has 35 heavy (non-hydrogen) atoms. The third-order valence-corrected chi connectivity index (χ3v) is 7.45. The Morgan fingerprint density at radius 2 is 1.63 bits per heavy atom. The van der Waals surface area contributed by atoms with E-state index in [2.05, 4.69) is 21.0 Å². The van der Waals surface area contributed by atoms with Crippen molar-refractivity contribution in [3.63, 3.8) is 0 Å². The Hall–Kier alpha value is -2.52. The Bertz CT molecular complexity index is 1560. The number of benzene rings is 3. The molecule has 0 unspecified atom stereocenters. The number of sulfone groups is 1. The SMILES string of the molecule is Cc1c(/C=C(\c2cc(F)cc(F)c2)S(C)(=O)=O)nn(-c2ccc(Cl)cc2Cl)c1-c1ccc(Br)cc1. The standard InChI is InChI=1S/C25H17BrCl2F2N2O2S/c1-14-22(13-24(35(2,33)34)16-9-19(29)12-20(30)10-16)31-32(23-8-7-18(27)11-21(23)28)25(14)15-3-5-17(26)6-4-15/h3-13H,1-2H3/b24-13+. The number of aromatic nitrogens is 2. The second-order valence-electron chi connectivity index (χ2n) is 7.81. The maximum Gasteiger partial charge on any atom is 0.176 e. The predicted octanol–water partition coefficient (Wildman–Crippen LogP) is 7.74. The van der Waals surface area contributed by atoms with Crippen LogP contribution < -0.4 is 0 Å². The zero-order chi connectivity index (χ0) is 25.5. The van der Waals surface area contributed by atoms with Crippen molar-refractivity contribution >= 4 is 60.0 Å². The van der Waals surface area contributed by atoms with Gasteiger partial charge in [0.1, 0.15) is 11.6 Å². The van der Waals surface area contributed by atoms with Crippen LogP contribution in [-0.4, -0.2) is 24.5 Å². The molecule has 0 fully saturated rings. The van der Waals surface area contributed by atoms with Crippen LogP contribution in [0, 0.1) is 18.6 Å². The highest BCUT2D eigenvalue weighted by Crippen LogP contribution is 2.35. The first kappa shape index (κ1) is 25.6. The highest BCUT2D eigenvalue weighted by atomic mass is 79.9. The smallest absolute Gasteiger partial charge is 0.176 e. The second kappa shape index (κ2) is 9.85. The van der Waals surface area contributed by atoms with E-state index in [4.69, 9.17) is 23.2 Å². The van der Waals surface area contributed by atoms with Gasteiger partial charge in [-0.1, -0.05) is 51.3 Å². The molecule has 180 valence electrons. The average Bonchev–Trinajstić information content (AvgIpc) is 3.07. The van der Waals surface area contributed by atoms with Gasteiger partial charge in [0.05, 0.1) is 27.0 Å². The number of halogens is 5. The molecule has 0 N–H and O–H groups in total. The largest absolute Gasteiger partial charge is 0.231 e. The van der Waals surface area contributed by atoms with Gasteiger partial charge in [-0.15, -0.1) is 0 Å². The molecule has 0 bridgehead atoms. The van der Waals surface area contributed by atoms with Crippen LogP contribution in [0.1, 0.15) is 16.8 Å². The van der Waals surface area contributed by atoms with Crippen molar-refractivity contribution in [3.05, 3.63) is 104 Å². The summed E-state index contributed by atoms with van der Waals surface area (Å²) in [7, 11) is -3.89. The van der Waals surface area contributed by atoms with E-state index in [1.807, 2.05) is 24.3 Å². The molecule has 0 spiro atoms. The fourth-order valence-corrected chi connectivity index (χ4v) is 5.27. The molecule has 0 saturated heterocycles. The van der Waals surface area contributed by atoms with E-state index in [1.54, 1.807) is 29.8 Å². The van der Waals surface area contributed by atoms with Crippen molar-refractivity contribution in [1.82, 2.24) is 9.78 Å². The highest BCUT2D eigenvalue weighted by molar-refractivity contribution is 9.10. The summed E-state index contributed by atoms with van der Waals surface area (Å²) >= 11 is 16.0. The molecular weight excluding hydrogens is 581 g/mol. The van der Waals surface area contributed by atoms with Crippen molar-refractivity contribution in [3.8, 4) is 16.9 Å². The summed E-state index contributed by atoms with van der Waals surface area (Å²) in [4.78, 5) is -0.270. The van der Waals surface area contributed by atoms with Crippen molar-refractivity contribution in [2.75, 3.05) is 6.26 Å². The fraction of sp³-hybridized carbons (Fsp3) is 0.0800. The molecule has 1 heterocycles. The van der Waals surface area contributed by atoms with Gasteiger partial charge in [0.25, 0.3) is 0 Å². The molecule has 0 aliphatic carbocycles. The van der Waals surface area contributed by atoms with Gasteiger partial charge < -0.3 is 0 Å². The van der Waals surface area contributed by atoms with Crippen molar-refractivity contribution in [1.29, 1.82) is 0 Å². The lowest BCUT2D eigenvalue weighted by molar-refractivity contribution is 0.582. The molecule has 0 aliphatic rings. The normalized spacial score (nSPS) is 12.3. The van der Waals surface area contributed by atoms with Crippen LogP contribution in [0.5, 0.6) is 0 Å². The van der Waals surface area contributed by atoms with Gasteiger partial charge in [-0.2, -0.15) is 5.10 Å². The van der Waals surface area contributed by atoms with Crippen molar-refractivity contribution in [2.24, 2.45) is 0 Å². The number of rotatable bonds is 5. The number of hydrogen-bond donors (Lipinski definition) is 0. The van der Waals surface area contributed by atoms with Crippen LogP contribution in [0.4, 0.5) is 8.78 Å². The van der Waals surface area contributed by atoms with Crippen LogP contribution in [0.2, 0.25) is 10.0 Å². The number of hydrogen-bond acceptors (Lipinski definition) is 3. The minimum atomic E-state index is -3.89. The van der Waals surface area contributed by atoms with Gasteiger partial charge in [0.15, 0.2) is 9.84 Å². The summed E-state index contributed by atoms with van der Waals surface area (Å²) in [5.74, 6) is -1.78.